The van der Waals surface area contributed by atoms with E-state index in [4.69, 9.17) is 9.47 Å². The van der Waals surface area contributed by atoms with E-state index < -0.39 is 10.8 Å². The molecule has 8 aliphatic carbocycles. The lowest BCUT2D eigenvalue weighted by Crippen LogP contribution is -2.61. The maximum Gasteiger partial charge on any atom is 0.313 e. The monoisotopic (exact) mass is 300 g/mol. The quantitative estimate of drug-likeness (QED) is 0.722. The standard InChI is InChI=1S/C18H20O4/c1-21-15(19)17-11-5-3-7(5)13-9(11)10-12(17)6-4-8(6)14(10)18(13,17)16(20)22-2/h5-14H,3-4H2,1-2H3/t5-,6-,7-,8+,9?,10?,11+,12-,13+,14-,17?,18?/m0/s1. The summed E-state index contributed by atoms with van der Waals surface area (Å²) >= 11 is 0. The van der Waals surface area contributed by atoms with Gasteiger partial charge in [0, 0.05) is 0 Å². The molecule has 0 amide bonds. The van der Waals surface area contributed by atoms with Crippen LogP contribution in [0.1, 0.15) is 12.8 Å². The van der Waals surface area contributed by atoms with Crippen LogP contribution < -0.4 is 0 Å². The minimum atomic E-state index is -0.505. The Morgan fingerprint density at radius 3 is 1.32 bits per heavy atom. The number of methoxy groups -OCH3 is 2. The largest absolute Gasteiger partial charge is 0.469 e. The van der Waals surface area contributed by atoms with E-state index in [1.165, 1.54) is 27.1 Å². The van der Waals surface area contributed by atoms with E-state index >= 15 is 0 Å². The molecule has 8 rings (SSSR count). The normalized spacial score (nSPS) is 71.5. The van der Waals surface area contributed by atoms with Gasteiger partial charge < -0.3 is 9.47 Å². The fourth-order valence-electron chi connectivity index (χ4n) is 10.0. The molecule has 0 heterocycles. The lowest BCUT2D eigenvalue weighted by molar-refractivity contribution is -0.195. The zero-order valence-electron chi connectivity index (χ0n) is 12.8. The number of carbonyl (C=O) groups excluding carboxylic acids is 2. The summed E-state index contributed by atoms with van der Waals surface area (Å²) in [5, 5.41) is 0. The third-order valence-corrected chi connectivity index (χ3v) is 9.56. The summed E-state index contributed by atoms with van der Waals surface area (Å²) in [4.78, 5) is 26.3. The Labute approximate surface area is 128 Å². The first-order valence-corrected chi connectivity index (χ1v) is 8.84. The Hall–Kier alpha value is -1.06. The number of hydrogen-bond donors (Lipinski definition) is 0. The summed E-state index contributed by atoms with van der Waals surface area (Å²) < 4.78 is 10.7. The van der Waals surface area contributed by atoms with Crippen molar-refractivity contribution < 1.29 is 19.1 Å². The van der Waals surface area contributed by atoms with Gasteiger partial charge in [0.05, 0.1) is 25.0 Å². The van der Waals surface area contributed by atoms with E-state index in [1.807, 2.05) is 0 Å². The summed E-state index contributed by atoms with van der Waals surface area (Å²) in [6.07, 6.45) is 2.48. The van der Waals surface area contributed by atoms with Gasteiger partial charge in [-0.15, -0.1) is 0 Å². The molecule has 8 fully saturated rings. The highest BCUT2D eigenvalue weighted by molar-refractivity contribution is 5.95. The molecule has 0 spiro atoms. The Balaban J connectivity index is 1.58. The van der Waals surface area contributed by atoms with Crippen molar-refractivity contribution in [1.29, 1.82) is 0 Å². The summed E-state index contributed by atoms with van der Waals surface area (Å²) in [5.74, 6) is 5.67. The smallest absolute Gasteiger partial charge is 0.313 e. The SMILES string of the molecule is COC(=O)C12[C@@H]3C4C5[C@H]1[C@H]1C[C@@H]1[C@H]5C2(C(=O)OC)[C@H]4[C@H]1C[C@H]13. The molecule has 8 saturated carbocycles. The molecule has 0 aromatic carbocycles. The zero-order valence-corrected chi connectivity index (χ0v) is 12.8. The topological polar surface area (TPSA) is 52.6 Å². The first-order chi connectivity index (χ1) is 10.7. The zero-order chi connectivity index (χ0) is 14.8. The maximum absolute atomic E-state index is 13.1. The van der Waals surface area contributed by atoms with Gasteiger partial charge in [-0.3, -0.25) is 9.59 Å². The number of carbonyl (C=O) groups is 2. The van der Waals surface area contributed by atoms with Crippen molar-refractivity contribution in [2.75, 3.05) is 14.2 Å². The molecule has 0 aliphatic heterocycles. The summed E-state index contributed by atoms with van der Waals surface area (Å²) in [6.45, 7) is 0. The van der Waals surface area contributed by atoms with Crippen LogP contribution in [0.3, 0.4) is 0 Å². The predicted octanol–water partition coefficient (Wildman–Crippen LogP) is 1.34. The summed E-state index contributed by atoms with van der Waals surface area (Å²) in [5.41, 5.74) is -1.01. The average Bonchev–Trinajstić information content (AvgIpc) is 3.32. The second kappa shape index (κ2) is 2.76. The minimum absolute atomic E-state index is 0.0684. The van der Waals surface area contributed by atoms with Crippen molar-refractivity contribution >= 4 is 11.9 Å². The van der Waals surface area contributed by atoms with Crippen LogP contribution >= 0.6 is 0 Å². The molecule has 4 heteroatoms. The molecule has 0 saturated heterocycles. The van der Waals surface area contributed by atoms with Crippen LogP contribution in [0.25, 0.3) is 0 Å². The van der Waals surface area contributed by atoms with Crippen LogP contribution in [-0.4, -0.2) is 26.2 Å². The average molecular weight is 300 g/mol. The van der Waals surface area contributed by atoms with Gasteiger partial charge in [0.2, 0.25) is 0 Å². The van der Waals surface area contributed by atoms with Crippen LogP contribution in [0.5, 0.6) is 0 Å². The molecule has 116 valence electrons. The molecule has 12 atom stereocenters. The molecule has 8 bridgehead atoms. The Morgan fingerprint density at radius 1 is 0.727 bits per heavy atom. The van der Waals surface area contributed by atoms with Crippen LogP contribution in [0.15, 0.2) is 0 Å². The second-order valence-electron chi connectivity index (χ2n) is 9.11. The third-order valence-electron chi connectivity index (χ3n) is 9.56. The fraction of sp³-hybridized carbons (Fsp3) is 0.889. The first-order valence-electron chi connectivity index (χ1n) is 8.84. The highest BCUT2D eigenvalue weighted by atomic mass is 16.5. The Bertz CT molecular complexity index is 593. The van der Waals surface area contributed by atoms with Crippen molar-refractivity contribution in [3.8, 4) is 0 Å². The fourth-order valence-corrected chi connectivity index (χ4v) is 10.0. The molecule has 0 aromatic rings. The number of ether oxygens (including phenoxy) is 2. The van der Waals surface area contributed by atoms with Gasteiger partial charge in [0.15, 0.2) is 0 Å². The van der Waals surface area contributed by atoms with Crippen LogP contribution in [0.4, 0.5) is 0 Å². The van der Waals surface area contributed by atoms with Crippen molar-refractivity contribution in [3.63, 3.8) is 0 Å². The van der Waals surface area contributed by atoms with E-state index in [2.05, 4.69) is 0 Å². The highest BCUT2D eigenvalue weighted by Crippen LogP contribution is 3.01. The van der Waals surface area contributed by atoms with Crippen molar-refractivity contribution in [2.24, 2.45) is 70.0 Å². The molecule has 4 nitrogen and oxygen atoms in total. The molecular weight excluding hydrogens is 280 g/mol. The summed E-state index contributed by atoms with van der Waals surface area (Å²) in [6, 6.07) is 0. The lowest BCUT2D eigenvalue weighted by atomic mass is 9.50. The maximum atomic E-state index is 13.1. The molecule has 0 N–H and O–H groups in total. The summed E-state index contributed by atoms with van der Waals surface area (Å²) in [7, 11) is 3.03. The number of esters is 2. The minimum Gasteiger partial charge on any atom is -0.469 e. The van der Waals surface area contributed by atoms with Crippen molar-refractivity contribution in [2.45, 2.75) is 12.8 Å². The van der Waals surface area contributed by atoms with Crippen LogP contribution in [-0.2, 0) is 19.1 Å². The molecule has 0 aromatic heterocycles. The van der Waals surface area contributed by atoms with Gasteiger partial charge in [-0.25, -0.2) is 0 Å². The predicted molar refractivity (Wildman–Crippen MR) is 73.0 cm³/mol. The Morgan fingerprint density at radius 2 is 1.05 bits per heavy atom. The van der Waals surface area contributed by atoms with Gasteiger partial charge in [0.1, 0.15) is 0 Å². The van der Waals surface area contributed by atoms with Crippen molar-refractivity contribution in [3.05, 3.63) is 0 Å². The van der Waals surface area contributed by atoms with Crippen LogP contribution in [0, 0.1) is 70.0 Å². The number of rotatable bonds is 2. The molecule has 0 radical (unpaired) electrons. The molecule has 8 aliphatic rings. The first kappa shape index (κ1) is 11.5. The van der Waals surface area contributed by atoms with Gasteiger partial charge >= 0.3 is 11.9 Å². The second-order valence-corrected chi connectivity index (χ2v) is 9.11. The molecule has 22 heavy (non-hydrogen) atoms. The van der Waals surface area contributed by atoms with E-state index in [-0.39, 0.29) is 11.9 Å². The molecular formula is C18H20O4. The van der Waals surface area contributed by atoms with E-state index in [1.54, 1.807) is 0 Å². The van der Waals surface area contributed by atoms with Crippen molar-refractivity contribution in [1.82, 2.24) is 0 Å². The van der Waals surface area contributed by atoms with E-state index in [9.17, 15) is 9.59 Å². The van der Waals surface area contributed by atoms with E-state index in [0.717, 1.165) is 0 Å². The number of fused-ring (bicyclic) bond motifs is 2. The lowest BCUT2D eigenvalue weighted by Gasteiger charge is -2.51. The van der Waals surface area contributed by atoms with Gasteiger partial charge in [-0.05, 0) is 72.0 Å². The van der Waals surface area contributed by atoms with Gasteiger partial charge in [0.25, 0.3) is 0 Å². The Kier molecular flexibility index (Phi) is 1.44. The van der Waals surface area contributed by atoms with E-state index in [0.29, 0.717) is 59.2 Å². The number of hydrogen-bond acceptors (Lipinski definition) is 4. The molecule has 4 unspecified atom stereocenters. The highest BCUT2D eigenvalue weighted by Gasteiger charge is 3.03. The van der Waals surface area contributed by atoms with Gasteiger partial charge in [-0.1, -0.05) is 0 Å². The third kappa shape index (κ3) is 0.662. The van der Waals surface area contributed by atoms with Gasteiger partial charge in [-0.2, -0.15) is 0 Å². The van der Waals surface area contributed by atoms with Crippen LogP contribution in [0.2, 0.25) is 0 Å².